The molecule has 0 aromatic carbocycles. The first kappa shape index (κ1) is 14.4. The molecule has 0 aromatic heterocycles. The number of carbonyl (C=O) groups excluding carboxylic acids is 3. The highest BCUT2D eigenvalue weighted by Gasteiger charge is 2.25. The van der Waals surface area contributed by atoms with Gasteiger partial charge in [-0.3, -0.25) is 14.4 Å². The summed E-state index contributed by atoms with van der Waals surface area (Å²) in [7, 11) is 0. The van der Waals surface area contributed by atoms with Crippen LogP contribution in [0.15, 0.2) is 0 Å². The third-order valence-corrected chi connectivity index (χ3v) is 2.03. The van der Waals surface area contributed by atoms with E-state index < -0.39 is 29.8 Å². The lowest BCUT2D eigenvalue weighted by Crippen LogP contribution is -2.53. The van der Waals surface area contributed by atoms with Gasteiger partial charge in [-0.1, -0.05) is 13.8 Å². The number of hydrogen-bond donors (Lipinski definition) is 4. The Labute approximate surface area is 93.7 Å². The lowest BCUT2D eigenvalue weighted by Gasteiger charge is -2.20. The zero-order chi connectivity index (χ0) is 12.9. The summed E-state index contributed by atoms with van der Waals surface area (Å²) >= 11 is 0. The second-order valence-electron chi connectivity index (χ2n) is 3.91. The van der Waals surface area contributed by atoms with Crippen molar-refractivity contribution in [1.29, 1.82) is 0 Å². The number of amides is 3. The average molecular weight is 230 g/mol. The predicted molar refractivity (Wildman–Crippen MR) is 57.7 cm³/mol. The molecule has 0 heterocycles. The van der Waals surface area contributed by atoms with E-state index >= 15 is 0 Å². The fourth-order valence-corrected chi connectivity index (χ4v) is 1.14. The second-order valence-corrected chi connectivity index (χ2v) is 3.91. The van der Waals surface area contributed by atoms with Crippen molar-refractivity contribution in [2.24, 2.45) is 23.1 Å². The van der Waals surface area contributed by atoms with Gasteiger partial charge in [0.05, 0.1) is 12.5 Å². The maximum absolute atomic E-state index is 11.4. The molecular weight excluding hydrogens is 212 g/mol. The van der Waals surface area contributed by atoms with Gasteiger partial charge in [-0.25, -0.2) is 0 Å². The highest BCUT2D eigenvalue weighted by molar-refractivity contribution is 5.91. The minimum Gasteiger partial charge on any atom is -0.370 e. The summed E-state index contributed by atoms with van der Waals surface area (Å²) in [4.78, 5) is 33.0. The van der Waals surface area contributed by atoms with Crippen LogP contribution in [0.5, 0.6) is 0 Å². The van der Waals surface area contributed by atoms with Crippen LogP contribution >= 0.6 is 0 Å². The Bertz CT molecular complexity index is 290. The molecule has 0 radical (unpaired) electrons. The zero-order valence-electron chi connectivity index (χ0n) is 9.40. The molecule has 0 aliphatic carbocycles. The monoisotopic (exact) mass is 230 g/mol. The van der Waals surface area contributed by atoms with Crippen LogP contribution in [0, 0.1) is 5.92 Å². The molecule has 0 saturated heterocycles. The first-order chi connectivity index (χ1) is 7.25. The number of carbonyl (C=O) groups is 3. The van der Waals surface area contributed by atoms with E-state index in [1.165, 1.54) is 0 Å². The molecule has 2 unspecified atom stereocenters. The Morgan fingerprint density at radius 3 is 2.00 bits per heavy atom. The van der Waals surface area contributed by atoms with Crippen molar-refractivity contribution < 1.29 is 14.4 Å². The van der Waals surface area contributed by atoms with Crippen LogP contribution in [-0.2, 0) is 14.4 Å². The van der Waals surface area contributed by atoms with Crippen molar-refractivity contribution in [3.63, 3.8) is 0 Å². The number of hydrogen-bond acceptors (Lipinski definition) is 4. The zero-order valence-corrected chi connectivity index (χ0v) is 9.40. The molecule has 0 aliphatic rings. The Kier molecular flexibility index (Phi) is 5.44. The minimum absolute atomic E-state index is 0.151. The molecule has 0 rings (SSSR count). The molecule has 3 amide bonds. The van der Waals surface area contributed by atoms with Crippen molar-refractivity contribution in [2.45, 2.75) is 32.4 Å². The molecule has 7 nitrogen and oxygen atoms in total. The van der Waals surface area contributed by atoms with E-state index in [9.17, 15) is 14.4 Å². The van der Waals surface area contributed by atoms with Crippen LogP contribution in [-0.4, -0.2) is 29.8 Å². The molecule has 7 N–H and O–H groups in total. The van der Waals surface area contributed by atoms with E-state index in [0.717, 1.165) is 0 Å². The highest BCUT2D eigenvalue weighted by Crippen LogP contribution is 2.01. The van der Waals surface area contributed by atoms with Gasteiger partial charge in [-0.15, -0.1) is 0 Å². The molecule has 16 heavy (non-hydrogen) atoms. The fraction of sp³-hybridized carbons (Fsp3) is 0.667. The maximum atomic E-state index is 11.4. The predicted octanol–water partition coefficient (Wildman–Crippen LogP) is -2.18. The summed E-state index contributed by atoms with van der Waals surface area (Å²) in [6.07, 6.45) is -0.268. The lowest BCUT2D eigenvalue weighted by atomic mass is 10.0. The van der Waals surface area contributed by atoms with E-state index in [1.807, 2.05) is 0 Å². The van der Waals surface area contributed by atoms with Crippen LogP contribution in [0.4, 0.5) is 0 Å². The molecule has 0 aliphatic heterocycles. The van der Waals surface area contributed by atoms with E-state index in [4.69, 9.17) is 17.2 Å². The van der Waals surface area contributed by atoms with Crippen LogP contribution in [0.3, 0.4) is 0 Å². The van der Waals surface area contributed by atoms with Crippen LogP contribution in [0.2, 0.25) is 0 Å². The minimum atomic E-state index is -1.06. The normalized spacial score (nSPS) is 14.2. The van der Waals surface area contributed by atoms with Gasteiger partial charge in [0.1, 0.15) is 6.04 Å². The van der Waals surface area contributed by atoms with Crippen molar-refractivity contribution in [1.82, 2.24) is 5.32 Å². The SMILES string of the molecule is CC(C)C(NC(=O)C(N)CC(N)=O)C(N)=O. The van der Waals surface area contributed by atoms with Crippen molar-refractivity contribution in [3.8, 4) is 0 Å². The fourth-order valence-electron chi connectivity index (χ4n) is 1.14. The average Bonchev–Trinajstić information content (AvgIpc) is 2.11. The van der Waals surface area contributed by atoms with E-state index in [2.05, 4.69) is 5.32 Å². The Morgan fingerprint density at radius 2 is 1.69 bits per heavy atom. The van der Waals surface area contributed by atoms with Crippen LogP contribution < -0.4 is 22.5 Å². The van der Waals surface area contributed by atoms with Gasteiger partial charge in [0.15, 0.2) is 0 Å². The lowest BCUT2D eigenvalue weighted by molar-refractivity contribution is -0.130. The standard InChI is InChI=1S/C9H18N4O3/c1-4(2)7(8(12)15)13-9(16)5(10)3-6(11)14/h4-5,7H,3,10H2,1-2H3,(H2,11,14)(H2,12,15)(H,13,16). The van der Waals surface area contributed by atoms with E-state index in [1.54, 1.807) is 13.8 Å². The Balaban J connectivity index is 4.40. The Hall–Kier alpha value is -1.63. The second kappa shape index (κ2) is 6.06. The van der Waals surface area contributed by atoms with Crippen molar-refractivity contribution >= 4 is 17.7 Å². The third-order valence-electron chi connectivity index (χ3n) is 2.03. The molecule has 0 bridgehead atoms. The summed E-state index contributed by atoms with van der Waals surface area (Å²) in [5.74, 6) is -2.09. The van der Waals surface area contributed by atoms with Crippen molar-refractivity contribution in [2.75, 3.05) is 0 Å². The van der Waals surface area contributed by atoms with E-state index in [-0.39, 0.29) is 12.3 Å². The first-order valence-electron chi connectivity index (χ1n) is 4.89. The van der Waals surface area contributed by atoms with Crippen LogP contribution in [0.25, 0.3) is 0 Å². The van der Waals surface area contributed by atoms with Crippen molar-refractivity contribution in [3.05, 3.63) is 0 Å². The summed E-state index contributed by atoms with van der Waals surface area (Å²) < 4.78 is 0. The number of nitrogens with one attached hydrogen (secondary N) is 1. The molecule has 0 saturated carbocycles. The quantitative estimate of drug-likeness (QED) is 0.411. The molecule has 7 heteroatoms. The molecule has 0 fully saturated rings. The van der Waals surface area contributed by atoms with Gasteiger partial charge in [0.25, 0.3) is 0 Å². The number of primary amides is 2. The number of rotatable bonds is 6. The molecule has 92 valence electrons. The largest absolute Gasteiger partial charge is 0.370 e. The summed E-state index contributed by atoms with van der Waals surface area (Å²) in [6, 6.07) is -1.86. The van der Waals surface area contributed by atoms with Gasteiger partial charge < -0.3 is 22.5 Å². The summed E-state index contributed by atoms with van der Waals surface area (Å²) in [6.45, 7) is 3.46. The molecule has 2 atom stereocenters. The first-order valence-corrected chi connectivity index (χ1v) is 4.89. The topological polar surface area (TPSA) is 141 Å². The molecule has 0 spiro atoms. The van der Waals surface area contributed by atoms with Crippen LogP contribution in [0.1, 0.15) is 20.3 Å². The third kappa shape index (κ3) is 4.74. The number of nitrogens with two attached hydrogens (primary N) is 3. The smallest absolute Gasteiger partial charge is 0.240 e. The van der Waals surface area contributed by atoms with Gasteiger partial charge in [0, 0.05) is 0 Å². The van der Waals surface area contributed by atoms with E-state index in [0.29, 0.717) is 0 Å². The molecular formula is C9H18N4O3. The van der Waals surface area contributed by atoms with Gasteiger partial charge in [-0.05, 0) is 5.92 Å². The molecule has 0 aromatic rings. The van der Waals surface area contributed by atoms with Gasteiger partial charge in [0.2, 0.25) is 17.7 Å². The highest BCUT2D eigenvalue weighted by atomic mass is 16.2. The van der Waals surface area contributed by atoms with Gasteiger partial charge in [-0.2, -0.15) is 0 Å². The summed E-state index contributed by atoms with van der Waals surface area (Å²) in [5.41, 5.74) is 15.4. The Morgan fingerprint density at radius 1 is 1.19 bits per heavy atom. The summed E-state index contributed by atoms with van der Waals surface area (Å²) in [5, 5.41) is 2.37. The van der Waals surface area contributed by atoms with Gasteiger partial charge >= 0.3 is 0 Å². The maximum Gasteiger partial charge on any atom is 0.240 e.